The first-order valence-corrected chi connectivity index (χ1v) is 9.47. The summed E-state index contributed by atoms with van der Waals surface area (Å²) in [6, 6.07) is 8.19. The molecule has 1 aliphatic heterocycles. The Morgan fingerprint density at radius 2 is 1.76 bits per heavy atom. The van der Waals surface area contributed by atoms with Gasteiger partial charge in [0.15, 0.2) is 5.96 Å². The number of hydrogen-bond acceptors (Lipinski definition) is 2. The number of amides is 1. The standard InChI is InChI=1S/C19H27ClN4O/c1-3-21-18(24-12-10-23(11-13-24)15(2)25)22-14-19(8-9-19)16-4-6-17(20)7-5-16/h4-7H,3,8-14H2,1-2H3,(H,21,22). The minimum Gasteiger partial charge on any atom is -0.357 e. The van der Waals surface area contributed by atoms with Crippen LogP contribution >= 0.6 is 11.6 Å². The van der Waals surface area contributed by atoms with Crippen molar-refractivity contribution in [1.29, 1.82) is 0 Å². The van der Waals surface area contributed by atoms with E-state index in [-0.39, 0.29) is 11.3 Å². The Labute approximate surface area is 155 Å². The van der Waals surface area contributed by atoms with Gasteiger partial charge in [0.05, 0.1) is 6.54 Å². The van der Waals surface area contributed by atoms with Crippen molar-refractivity contribution >= 4 is 23.5 Å². The van der Waals surface area contributed by atoms with E-state index in [0.717, 1.165) is 50.3 Å². The lowest BCUT2D eigenvalue weighted by Gasteiger charge is -2.36. The predicted octanol–water partition coefficient (Wildman–Crippen LogP) is 2.50. The molecule has 1 N–H and O–H groups in total. The third-order valence-electron chi connectivity index (χ3n) is 5.20. The number of carbonyl (C=O) groups is 1. The number of hydrogen-bond donors (Lipinski definition) is 1. The molecule has 0 aromatic heterocycles. The number of guanidine groups is 1. The molecule has 3 rings (SSSR count). The fraction of sp³-hybridized carbons (Fsp3) is 0.579. The first kappa shape index (κ1) is 18.1. The van der Waals surface area contributed by atoms with Crippen LogP contribution in [0.5, 0.6) is 0 Å². The van der Waals surface area contributed by atoms with Gasteiger partial charge in [0.2, 0.25) is 5.91 Å². The van der Waals surface area contributed by atoms with E-state index in [1.54, 1.807) is 6.92 Å². The molecule has 0 bridgehead atoms. The Bertz CT molecular complexity index is 631. The van der Waals surface area contributed by atoms with Crippen LogP contribution in [0.3, 0.4) is 0 Å². The van der Waals surface area contributed by atoms with Gasteiger partial charge in [0.1, 0.15) is 0 Å². The third kappa shape index (κ3) is 4.27. The van der Waals surface area contributed by atoms with E-state index in [9.17, 15) is 4.79 Å². The molecule has 25 heavy (non-hydrogen) atoms. The summed E-state index contributed by atoms with van der Waals surface area (Å²) in [7, 11) is 0. The average Bonchev–Trinajstić information content (AvgIpc) is 3.40. The summed E-state index contributed by atoms with van der Waals surface area (Å²) < 4.78 is 0. The van der Waals surface area contributed by atoms with Crippen LogP contribution in [0.15, 0.2) is 29.3 Å². The molecule has 0 atom stereocenters. The van der Waals surface area contributed by atoms with E-state index < -0.39 is 0 Å². The predicted molar refractivity (Wildman–Crippen MR) is 102 cm³/mol. The number of carbonyl (C=O) groups excluding carboxylic acids is 1. The van der Waals surface area contributed by atoms with Crippen LogP contribution < -0.4 is 5.32 Å². The van der Waals surface area contributed by atoms with E-state index in [2.05, 4.69) is 29.3 Å². The average molecular weight is 363 g/mol. The van der Waals surface area contributed by atoms with Gasteiger partial charge in [0, 0.05) is 50.1 Å². The van der Waals surface area contributed by atoms with Crippen LogP contribution in [0.1, 0.15) is 32.3 Å². The first-order valence-electron chi connectivity index (χ1n) is 9.09. The molecule has 1 saturated heterocycles. The number of nitrogens with zero attached hydrogens (tertiary/aromatic N) is 3. The highest BCUT2D eigenvalue weighted by Crippen LogP contribution is 2.48. The molecule has 5 nitrogen and oxygen atoms in total. The molecule has 1 aromatic carbocycles. The van der Waals surface area contributed by atoms with Gasteiger partial charge >= 0.3 is 0 Å². The van der Waals surface area contributed by atoms with Gasteiger partial charge in [-0.2, -0.15) is 0 Å². The maximum atomic E-state index is 11.5. The zero-order valence-corrected chi connectivity index (χ0v) is 15.9. The summed E-state index contributed by atoms with van der Waals surface area (Å²) >= 11 is 6.01. The largest absolute Gasteiger partial charge is 0.357 e. The topological polar surface area (TPSA) is 47.9 Å². The van der Waals surface area contributed by atoms with Gasteiger partial charge in [0.25, 0.3) is 0 Å². The van der Waals surface area contributed by atoms with Crippen molar-refractivity contribution in [1.82, 2.24) is 15.1 Å². The van der Waals surface area contributed by atoms with Gasteiger partial charge in [-0.1, -0.05) is 23.7 Å². The van der Waals surface area contributed by atoms with Gasteiger partial charge in [-0.05, 0) is 37.5 Å². The summed E-state index contributed by atoms with van der Waals surface area (Å²) in [6.45, 7) is 8.57. The van der Waals surface area contributed by atoms with Gasteiger partial charge in [-0.3, -0.25) is 9.79 Å². The highest BCUT2D eigenvalue weighted by molar-refractivity contribution is 6.30. The third-order valence-corrected chi connectivity index (χ3v) is 5.45. The van der Waals surface area contributed by atoms with Crippen LogP contribution in [0, 0.1) is 0 Å². The number of aliphatic imine (C=N–C) groups is 1. The van der Waals surface area contributed by atoms with Crippen LogP contribution in [0.4, 0.5) is 0 Å². The quantitative estimate of drug-likeness (QED) is 0.661. The molecule has 2 aliphatic rings. The van der Waals surface area contributed by atoms with E-state index in [4.69, 9.17) is 16.6 Å². The van der Waals surface area contributed by atoms with E-state index in [1.807, 2.05) is 17.0 Å². The molecule has 1 heterocycles. The zero-order valence-electron chi connectivity index (χ0n) is 15.1. The number of benzene rings is 1. The molecule has 0 spiro atoms. The minimum absolute atomic E-state index is 0.154. The van der Waals surface area contributed by atoms with Crippen LogP contribution in [0.25, 0.3) is 0 Å². The Kier molecular flexibility index (Phi) is 5.52. The van der Waals surface area contributed by atoms with Crippen LogP contribution in [-0.4, -0.2) is 60.9 Å². The number of nitrogens with one attached hydrogen (secondary N) is 1. The van der Waals surface area contributed by atoms with Crippen LogP contribution in [0.2, 0.25) is 5.02 Å². The van der Waals surface area contributed by atoms with Gasteiger partial charge in [-0.25, -0.2) is 0 Å². The molecule has 1 amide bonds. The normalized spacial score (nSPS) is 19.7. The van der Waals surface area contributed by atoms with E-state index in [0.29, 0.717) is 0 Å². The van der Waals surface area contributed by atoms with Crippen molar-refractivity contribution < 1.29 is 4.79 Å². The summed E-state index contributed by atoms with van der Waals surface area (Å²) in [5, 5.41) is 4.19. The molecule has 1 aliphatic carbocycles. The van der Waals surface area contributed by atoms with Crippen molar-refractivity contribution in [2.24, 2.45) is 4.99 Å². The Morgan fingerprint density at radius 3 is 2.28 bits per heavy atom. The van der Waals surface area contributed by atoms with Gasteiger partial charge < -0.3 is 15.1 Å². The first-order chi connectivity index (χ1) is 12.0. The van der Waals surface area contributed by atoms with E-state index in [1.165, 1.54) is 18.4 Å². The van der Waals surface area contributed by atoms with Crippen molar-refractivity contribution in [3.63, 3.8) is 0 Å². The Morgan fingerprint density at radius 1 is 1.16 bits per heavy atom. The lowest BCUT2D eigenvalue weighted by atomic mass is 9.96. The van der Waals surface area contributed by atoms with Crippen LogP contribution in [-0.2, 0) is 10.2 Å². The second-order valence-corrected chi connectivity index (χ2v) is 7.39. The number of halogens is 1. The summed E-state index contributed by atoms with van der Waals surface area (Å²) in [5.41, 5.74) is 1.50. The fourth-order valence-corrected chi connectivity index (χ4v) is 3.50. The summed E-state index contributed by atoms with van der Waals surface area (Å²) in [5.74, 6) is 1.12. The zero-order chi connectivity index (χ0) is 17.9. The SMILES string of the molecule is CCNC(=NCC1(c2ccc(Cl)cc2)CC1)N1CCN(C(C)=O)CC1. The number of rotatable bonds is 4. The molecule has 0 radical (unpaired) electrons. The molecule has 136 valence electrons. The molecule has 6 heteroatoms. The molecule has 2 fully saturated rings. The molecular formula is C19H27ClN4O. The number of piperazine rings is 1. The summed E-state index contributed by atoms with van der Waals surface area (Å²) in [6.07, 6.45) is 2.35. The summed E-state index contributed by atoms with van der Waals surface area (Å²) in [4.78, 5) is 20.6. The Hall–Kier alpha value is -1.75. The van der Waals surface area contributed by atoms with Crippen molar-refractivity contribution in [3.05, 3.63) is 34.9 Å². The molecule has 0 unspecified atom stereocenters. The maximum absolute atomic E-state index is 11.5. The van der Waals surface area contributed by atoms with E-state index >= 15 is 0 Å². The second kappa shape index (κ2) is 7.65. The highest BCUT2D eigenvalue weighted by Gasteiger charge is 2.44. The fourth-order valence-electron chi connectivity index (χ4n) is 3.38. The smallest absolute Gasteiger partial charge is 0.219 e. The maximum Gasteiger partial charge on any atom is 0.219 e. The Balaban J connectivity index is 1.66. The molecule has 1 aromatic rings. The van der Waals surface area contributed by atoms with Crippen molar-refractivity contribution in [2.45, 2.75) is 32.1 Å². The highest BCUT2D eigenvalue weighted by atomic mass is 35.5. The second-order valence-electron chi connectivity index (χ2n) is 6.95. The lowest BCUT2D eigenvalue weighted by molar-refractivity contribution is -0.130. The minimum atomic E-state index is 0.154. The van der Waals surface area contributed by atoms with Crippen molar-refractivity contribution in [2.75, 3.05) is 39.3 Å². The van der Waals surface area contributed by atoms with Gasteiger partial charge in [-0.15, -0.1) is 0 Å². The molecular weight excluding hydrogens is 336 g/mol. The monoisotopic (exact) mass is 362 g/mol. The lowest BCUT2D eigenvalue weighted by Crippen LogP contribution is -2.53. The molecule has 1 saturated carbocycles. The van der Waals surface area contributed by atoms with Crippen molar-refractivity contribution in [3.8, 4) is 0 Å².